The number of imide groups is 1. The van der Waals surface area contributed by atoms with Crippen molar-refractivity contribution in [2.24, 2.45) is 0 Å². The number of rotatable bonds is 6. The summed E-state index contributed by atoms with van der Waals surface area (Å²) in [4.78, 5) is 42.4. The van der Waals surface area contributed by atoms with Gasteiger partial charge in [-0.15, -0.1) is 11.8 Å². The van der Waals surface area contributed by atoms with Crippen LogP contribution in [0.4, 0.5) is 5.69 Å². The van der Waals surface area contributed by atoms with Gasteiger partial charge in [-0.3, -0.25) is 19.7 Å². The molecule has 1 aliphatic carbocycles. The van der Waals surface area contributed by atoms with Crippen LogP contribution in [0, 0.1) is 0 Å². The van der Waals surface area contributed by atoms with Crippen molar-refractivity contribution in [3.8, 4) is 0 Å². The number of carbonyl (C=O) groups is 3. The van der Waals surface area contributed by atoms with Crippen LogP contribution in [0.5, 0.6) is 0 Å². The van der Waals surface area contributed by atoms with Crippen molar-refractivity contribution in [1.82, 2.24) is 10.2 Å². The zero-order valence-electron chi connectivity index (χ0n) is 19.6. The maximum Gasteiger partial charge on any atom is 0.255 e. The molecule has 0 aromatic heterocycles. The van der Waals surface area contributed by atoms with E-state index in [9.17, 15) is 14.4 Å². The largest absolute Gasteiger partial charge is 0.364 e. The van der Waals surface area contributed by atoms with Crippen molar-refractivity contribution in [3.63, 3.8) is 0 Å². The third-order valence-electron chi connectivity index (χ3n) is 7.37. The van der Waals surface area contributed by atoms with E-state index in [4.69, 9.17) is 0 Å². The molecule has 3 amide bonds. The zero-order valence-corrected chi connectivity index (χ0v) is 20.4. The Morgan fingerprint density at radius 3 is 2.47 bits per heavy atom. The van der Waals surface area contributed by atoms with E-state index in [0.29, 0.717) is 24.6 Å². The molecule has 2 aliphatic heterocycles. The van der Waals surface area contributed by atoms with Crippen molar-refractivity contribution < 1.29 is 14.4 Å². The summed E-state index contributed by atoms with van der Waals surface area (Å²) in [7, 11) is 0. The molecule has 34 heavy (non-hydrogen) atoms. The number of thioether (sulfide) groups is 1. The monoisotopic (exact) mass is 477 g/mol. The van der Waals surface area contributed by atoms with Crippen molar-refractivity contribution in [1.29, 1.82) is 0 Å². The number of amides is 3. The number of nitrogens with one attached hydrogen (secondary N) is 1. The molecule has 1 N–H and O–H groups in total. The smallest absolute Gasteiger partial charge is 0.255 e. The highest BCUT2D eigenvalue weighted by Crippen LogP contribution is 2.34. The molecule has 178 valence electrons. The van der Waals surface area contributed by atoms with Gasteiger partial charge in [-0.1, -0.05) is 31.4 Å². The molecule has 0 spiro atoms. The standard InChI is InChI=1S/C27H31N3O3S/c1-34-22-10-7-18(8-11-22)16-29(20-5-3-2-4-6-20)21-9-12-23-19(15-21)17-30(27(23)33)24-13-14-25(31)28-26(24)32/h7-12,15,20,24H,2-6,13-14,16-17H2,1H3,(H,28,31,32). The van der Waals surface area contributed by atoms with Crippen LogP contribution < -0.4 is 10.2 Å². The average Bonchev–Trinajstić information content (AvgIpc) is 3.19. The molecule has 1 saturated carbocycles. The van der Waals surface area contributed by atoms with Gasteiger partial charge in [0.2, 0.25) is 11.8 Å². The Hall–Kier alpha value is -2.80. The predicted molar refractivity (Wildman–Crippen MR) is 134 cm³/mol. The fraction of sp³-hybridized carbons (Fsp3) is 0.444. The Balaban J connectivity index is 1.40. The summed E-state index contributed by atoms with van der Waals surface area (Å²) < 4.78 is 0. The lowest BCUT2D eigenvalue weighted by Gasteiger charge is -2.36. The molecule has 5 rings (SSSR count). The molecule has 7 heteroatoms. The fourth-order valence-electron chi connectivity index (χ4n) is 5.49. The number of carbonyl (C=O) groups excluding carboxylic acids is 3. The topological polar surface area (TPSA) is 69.7 Å². The van der Waals surface area contributed by atoms with Crippen LogP contribution in [-0.2, 0) is 22.7 Å². The molecule has 1 atom stereocenters. The second kappa shape index (κ2) is 9.82. The average molecular weight is 478 g/mol. The van der Waals surface area contributed by atoms with E-state index < -0.39 is 6.04 Å². The highest BCUT2D eigenvalue weighted by Gasteiger charge is 2.39. The quantitative estimate of drug-likeness (QED) is 0.490. The summed E-state index contributed by atoms with van der Waals surface area (Å²) in [5.41, 5.74) is 4.05. The van der Waals surface area contributed by atoms with E-state index in [2.05, 4.69) is 52.9 Å². The Morgan fingerprint density at radius 2 is 1.76 bits per heavy atom. The lowest BCUT2D eigenvalue weighted by Crippen LogP contribution is -2.52. The maximum atomic E-state index is 13.1. The Bertz CT molecular complexity index is 1090. The third-order valence-corrected chi connectivity index (χ3v) is 8.11. The van der Waals surface area contributed by atoms with Crippen molar-refractivity contribution in [2.75, 3.05) is 11.2 Å². The summed E-state index contributed by atoms with van der Waals surface area (Å²) >= 11 is 1.75. The molecule has 2 fully saturated rings. The van der Waals surface area contributed by atoms with E-state index in [-0.39, 0.29) is 24.1 Å². The van der Waals surface area contributed by atoms with Crippen LogP contribution in [0.1, 0.15) is 66.4 Å². The predicted octanol–water partition coefficient (Wildman–Crippen LogP) is 4.51. The van der Waals surface area contributed by atoms with Crippen molar-refractivity contribution in [2.45, 2.75) is 75.0 Å². The first kappa shape index (κ1) is 23.0. The Labute approximate surface area is 205 Å². The normalized spacial score (nSPS) is 20.9. The van der Waals surface area contributed by atoms with E-state index in [0.717, 1.165) is 17.8 Å². The fourth-order valence-corrected chi connectivity index (χ4v) is 5.90. The van der Waals surface area contributed by atoms with Crippen LogP contribution >= 0.6 is 11.8 Å². The van der Waals surface area contributed by atoms with Crippen molar-refractivity contribution in [3.05, 3.63) is 59.2 Å². The summed E-state index contributed by atoms with van der Waals surface area (Å²) in [6, 6.07) is 14.8. The van der Waals surface area contributed by atoms with Gasteiger partial charge in [-0.2, -0.15) is 0 Å². The minimum Gasteiger partial charge on any atom is -0.364 e. The summed E-state index contributed by atoms with van der Waals surface area (Å²) in [5.74, 6) is -0.746. The molecule has 1 unspecified atom stereocenters. The molecule has 3 aliphatic rings. The second-order valence-electron chi connectivity index (χ2n) is 9.51. The van der Waals surface area contributed by atoms with Crippen molar-refractivity contribution >= 4 is 35.2 Å². The molecular formula is C27H31N3O3S. The number of benzene rings is 2. The first-order valence-electron chi connectivity index (χ1n) is 12.2. The van der Waals surface area contributed by atoms with E-state index in [1.54, 1.807) is 16.7 Å². The van der Waals surface area contributed by atoms with Gasteiger partial charge in [-0.25, -0.2) is 0 Å². The minimum absolute atomic E-state index is 0.118. The van der Waals surface area contributed by atoms with Gasteiger partial charge in [0.05, 0.1) is 0 Å². The molecule has 0 radical (unpaired) electrons. The summed E-state index contributed by atoms with van der Waals surface area (Å²) in [6.45, 7) is 1.25. The number of nitrogens with zero attached hydrogens (tertiary/aromatic N) is 2. The maximum absolute atomic E-state index is 13.1. The molecular weight excluding hydrogens is 446 g/mol. The molecule has 0 bridgehead atoms. The molecule has 2 aromatic rings. The number of hydrogen-bond donors (Lipinski definition) is 1. The van der Waals surface area contributed by atoms with Gasteiger partial charge in [-0.05, 0) is 67.0 Å². The first-order valence-corrected chi connectivity index (χ1v) is 13.4. The second-order valence-corrected chi connectivity index (χ2v) is 10.4. The highest BCUT2D eigenvalue weighted by molar-refractivity contribution is 7.98. The van der Waals surface area contributed by atoms with Crippen LogP contribution in [-0.4, -0.2) is 41.0 Å². The Kier molecular flexibility index (Phi) is 6.63. The van der Waals surface area contributed by atoms with Gasteiger partial charge in [0.25, 0.3) is 5.91 Å². The highest BCUT2D eigenvalue weighted by atomic mass is 32.2. The van der Waals surface area contributed by atoms with Crippen LogP contribution in [0.15, 0.2) is 47.4 Å². The molecule has 1 saturated heterocycles. The lowest BCUT2D eigenvalue weighted by molar-refractivity contribution is -0.136. The number of anilines is 1. The van der Waals surface area contributed by atoms with Crippen LogP contribution in [0.3, 0.4) is 0 Å². The number of hydrogen-bond acceptors (Lipinski definition) is 5. The van der Waals surface area contributed by atoms with Crippen LogP contribution in [0.25, 0.3) is 0 Å². The number of piperidine rings is 1. The molecule has 6 nitrogen and oxygen atoms in total. The van der Waals surface area contributed by atoms with Gasteiger partial charge in [0.1, 0.15) is 6.04 Å². The van der Waals surface area contributed by atoms with Gasteiger partial charge < -0.3 is 9.80 Å². The van der Waals surface area contributed by atoms with Crippen LogP contribution in [0.2, 0.25) is 0 Å². The van der Waals surface area contributed by atoms with E-state index >= 15 is 0 Å². The molecule has 2 aromatic carbocycles. The lowest BCUT2D eigenvalue weighted by atomic mass is 9.93. The third kappa shape index (κ3) is 4.58. The minimum atomic E-state index is -0.578. The van der Waals surface area contributed by atoms with Gasteiger partial charge in [0.15, 0.2) is 0 Å². The van der Waals surface area contributed by atoms with Gasteiger partial charge >= 0.3 is 0 Å². The number of fused-ring (bicyclic) bond motifs is 1. The first-order chi connectivity index (χ1) is 16.5. The molecule has 2 heterocycles. The van der Waals surface area contributed by atoms with Gasteiger partial charge in [0, 0.05) is 41.7 Å². The summed E-state index contributed by atoms with van der Waals surface area (Å²) in [6.07, 6.45) is 8.91. The summed E-state index contributed by atoms with van der Waals surface area (Å²) in [5, 5.41) is 2.38. The Morgan fingerprint density at radius 1 is 1.00 bits per heavy atom. The zero-order chi connectivity index (χ0) is 23.7. The SMILES string of the molecule is CSc1ccc(CN(c2ccc3c(c2)CN(C2CCC(=O)NC2=O)C3=O)C2CCCCC2)cc1. The van der Waals surface area contributed by atoms with E-state index in [1.807, 2.05) is 6.07 Å². The van der Waals surface area contributed by atoms with E-state index in [1.165, 1.54) is 42.6 Å².